The average Bonchev–Trinajstić information content (AvgIpc) is 2.93. The number of aromatic nitrogens is 2. The van der Waals surface area contributed by atoms with Gasteiger partial charge in [0.1, 0.15) is 5.75 Å². The topological polar surface area (TPSA) is 53.1 Å². The predicted octanol–water partition coefficient (Wildman–Crippen LogP) is 2.28. The van der Waals surface area contributed by atoms with Crippen molar-refractivity contribution in [3.8, 4) is 5.75 Å². The molecule has 2 N–H and O–H groups in total. The molecular formula is C13H17N3O. The lowest BCUT2D eigenvalue weighted by Crippen LogP contribution is -2.05. The summed E-state index contributed by atoms with van der Waals surface area (Å²) in [5, 5.41) is 0. The lowest BCUT2D eigenvalue weighted by Gasteiger charge is -2.06. The Labute approximate surface area is 100 Å². The zero-order chi connectivity index (χ0) is 12.0. The summed E-state index contributed by atoms with van der Waals surface area (Å²) in [5.41, 5.74) is 7.99. The molecule has 2 unspecified atom stereocenters. The highest BCUT2D eigenvalue weighted by atomic mass is 16.5. The number of fused-ring (bicyclic) bond motifs is 1. The summed E-state index contributed by atoms with van der Waals surface area (Å²) >= 11 is 0. The average molecular weight is 231 g/mol. The van der Waals surface area contributed by atoms with Crippen molar-refractivity contribution in [1.29, 1.82) is 0 Å². The second kappa shape index (κ2) is 3.65. The molecule has 0 spiro atoms. The molecule has 0 radical (unpaired) electrons. The van der Waals surface area contributed by atoms with Gasteiger partial charge in [-0.15, -0.1) is 0 Å². The third-order valence-corrected chi connectivity index (χ3v) is 3.68. The van der Waals surface area contributed by atoms with E-state index in [1.54, 1.807) is 7.11 Å². The molecule has 1 fully saturated rings. The Morgan fingerprint density at radius 1 is 1.53 bits per heavy atom. The fourth-order valence-corrected chi connectivity index (χ4v) is 2.33. The van der Waals surface area contributed by atoms with Crippen LogP contribution in [0, 0.1) is 11.8 Å². The van der Waals surface area contributed by atoms with Crippen molar-refractivity contribution >= 4 is 17.0 Å². The van der Waals surface area contributed by atoms with Gasteiger partial charge < -0.3 is 15.0 Å². The summed E-state index contributed by atoms with van der Waals surface area (Å²) in [6.45, 7) is 3.25. The number of ether oxygens (including phenoxy) is 1. The first-order valence-corrected chi connectivity index (χ1v) is 5.99. The third kappa shape index (κ3) is 1.73. The molecule has 1 aliphatic carbocycles. The number of hydrogen-bond acceptors (Lipinski definition) is 3. The maximum absolute atomic E-state index is 5.98. The minimum Gasteiger partial charge on any atom is -0.497 e. The van der Waals surface area contributed by atoms with E-state index < -0.39 is 0 Å². The van der Waals surface area contributed by atoms with Gasteiger partial charge >= 0.3 is 0 Å². The number of anilines is 1. The van der Waals surface area contributed by atoms with Gasteiger partial charge in [-0.05, 0) is 30.4 Å². The van der Waals surface area contributed by atoms with Gasteiger partial charge in [0.05, 0.1) is 18.1 Å². The Balaban J connectivity index is 2.04. The lowest BCUT2D eigenvalue weighted by molar-refractivity contribution is 0.415. The van der Waals surface area contributed by atoms with Crippen molar-refractivity contribution in [3.63, 3.8) is 0 Å². The number of benzene rings is 1. The monoisotopic (exact) mass is 231 g/mol. The molecule has 90 valence electrons. The summed E-state index contributed by atoms with van der Waals surface area (Å²) < 4.78 is 7.35. The van der Waals surface area contributed by atoms with Crippen molar-refractivity contribution in [1.82, 2.24) is 9.55 Å². The van der Waals surface area contributed by atoms with Gasteiger partial charge in [-0.1, -0.05) is 6.92 Å². The second-order valence-electron chi connectivity index (χ2n) is 4.91. The predicted molar refractivity (Wildman–Crippen MR) is 68.0 cm³/mol. The molecule has 17 heavy (non-hydrogen) atoms. The van der Waals surface area contributed by atoms with Crippen LogP contribution in [0.1, 0.15) is 13.3 Å². The molecule has 1 aromatic carbocycles. The van der Waals surface area contributed by atoms with E-state index in [0.29, 0.717) is 5.95 Å². The van der Waals surface area contributed by atoms with E-state index in [1.165, 1.54) is 6.42 Å². The number of nitrogens with two attached hydrogens (primary N) is 1. The van der Waals surface area contributed by atoms with Crippen molar-refractivity contribution in [2.45, 2.75) is 19.9 Å². The molecule has 4 nitrogen and oxygen atoms in total. The van der Waals surface area contributed by atoms with Crippen LogP contribution >= 0.6 is 0 Å². The van der Waals surface area contributed by atoms with Crippen molar-refractivity contribution in [2.75, 3.05) is 12.8 Å². The summed E-state index contributed by atoms with van der Waals surface area (Å²) in [7, 11) is 1.67. The van der Waals surface area contributed by atoms with Crippen molar-refractivity contribution < 1.29 is 4.74 Å². The molecule has 1 aromatic heterocycles. The first kappa shape index (κ1) is 10.4. The molecular weight excluding hydrogens is 214 g/mol. The van der Waals surface area contributed by atoms with Crippen molar-refractivity contribution in [3.05, 3.63) is 18.2 Å². The molecule has 0 bridgehead atoms. The molecule has 1 heterocycles. The molecule has 4 heteroatoms. The highest BCUT2D eigenvalue weighted by Gasteiger charge is 2.33. The van der Waals surface area contributed by atoms with E-state index in [9.17, 15) is 0 Å². The minimum absolute atomic E-state index is 0.604. The van der Waals surface area contributed by atoms with E-state index in [1.807, 2.05) is 18.2 Å². The van der Waals surface area contributed by atoms with E-state index >= 15 is 0 Å². The Bertz CT molecular complexity index is 561. The zero-order valence-corrected chi connectivity index (χ0v) is 10.2. The highest BCUT2D eigenvalue weighted by molar-refractivity contribution is 5.79. The number of nitrogens with zero attached hydrogens (tertiary/aromatic N) is 2. The molecule has 0 saturated heterocycles. The van der Waals surface area contributed by atoms with Crippen LogP contribution in [0.15, 0.2) is 18.2 Å². The van der Waals surface area contributed by atoms with Crippen LogP contribution < -0.4 is 10.5 Å². The summed E-state index contributed by atoms with van der Waals surface area (Å²) in [4.78, 5) is 4.38. The summed E-state index contributed by atoms with van der Waals surface area (Å²) in [6, 6.07) is 5.88. The van der Waals surface area contributed by atoms with Gasteiger partial charge in [-0.3, -0.25) is 0 Å². The van der Waals surface area contributed by atoms with Crippen LogP contribution in [0.3, 0.4) is 0 Å². The number of nitrogen functional groups attached to an aromatic ring is 1. The van der Waals surface area contributed by atoms with Gasteiger partial charge in [-0.2, -0.15) is 0 Å². The SMILES string of the molecule is COc1ccc2nc(N)n(CC3CC3C)c2c1. The van der Waals surface area contributed by atoms with Gasteiger partial charge in [0.15, 0.2) is 0 Å². The van der Waals surface area contributed by atoms with Crippen LogP contribution in [0.4, 0.5) is 5.95 Å². The quantitative estimate of drug-likeness (QED) is 0.881. The van der Waals surface area contributed by atoms with Crippen LogP contribution in [0.25, 0.3) is 11.0 Å². The highest BCUT2D eigenvalue weighted by Crippen LogP contribution is 2.40. The summed E-state index contributed by atoms with van der Waals surface area (Å²) in [6.07, 6.45) is 1.29. The second-order valence-corrected chi connectivity index (χ2v) is 4.91. The van der Waals surface area contributed by atoms with E-state index in [4.69, 9.17) is 10.5 Å². The molecule has 1 saturated carbocycles. The lowest BCUT2D eigenvalue weighted by atomic mass is 10.3. The first-order chi connectivity index (χ1) is 8.19. The number of imidazole rings is 1. The smallest absolute Gasteiger partial charge is 0.201 e. The molecule has 2 atom stereocenters. The largest absolute Gasteiger partial charge is 0.497 e. The maximum Gasteiger partial charge on any atom is 0.201 e. The van der Waals surface area contributed by atoms with Gasteiger partial charge in [0.25, 0.3) is 0 Å². The number of methoxy groups -OCH3 is 1. The molecule has 3 rings (SSSR count). The fraction of sp³-hybridized carbons (Fsp3) is 0.462. The van der Waals surface area contributed by atoms with Crippen LogP contribution in [-0.2, 0) is 6.54 Å². The van der Waals surface area contributed by atoms with Crippen LogP contribution in [0.2, 0.25) is 0 Å². The van der Waals surface area contributed by atoms with E-state index in [2.05, 4.69) is 16.5 Å². The molecule has 0 aliphatic heterocycles. The van der Waals surface area contributed by atoms with Gasteiger partial charge in [-0.25, -0.2) is 4.98 Å². The Morgan fingerprint density at radius 2 is 2.29 bits per heavy atom. The Hall–Kier alpha value is -1.71. The molecule has 1 aliphatic rings. The number of rotatable bonds is 3. The third-order valence-electron chi connectivity index (χ3n) is 3.68. The Morgan fingerprint density at radius 3 is 2.94 bits per heavy atom. The van der Waals surface area contributed by atoms with Crippen LogP contribution in [0.5, 0.6) is 5.75 Å². The standard InChI is InChI=1S/C13H17N3O/c1-8-5-9(8)7-16-12-6-10(17-2)3-4-11(12)15-13(16)14/h3-4,6,8-9H,5,7H2,1-2H3,(H2,14,15). The number of hydrogen-bond donors (Lipinski definition) is 1. The van der Waals surface area contributed by atoms with Gasteiger partial charge in [0.2, 0.25) is 5.95 Å². The Kier molecular flexibility index (Phi) is 2.24. The zero-order valence-electron chi connectivity index (χ0n) is 10.2. The van der Waals surface area contributed by atoms with E-state index in [-0.39, 0.29) is 0 Å². The minimum atomic E-state index is 0.604. The van der Waals surface area contributed by atoms with Crippen molar-refractivity contribution in [2.24, 2.45) is 11.8 Å². The molecule has 2 aromatic rings. The fourth-order valence-electron chi connectivity index (χ4n) is 2.33. The molecule has 0 amide bonds. The maximum atomic E-state index is 5.98. The normalized spacial score (nSPS) is 22.9. The van der Waals surface area contributed by atoms with Gasteiger partial charge in [0, 0.05) is 12.6 Å². The van der Waals surface area contributed by atoms with Crippen LogP contribution in [-0.4, -0.2) is 16.7 Å². The summed E-state index contributed by atoms with van der Waals surface area (Å²) in [5.74, 6) is 3.02. The van der Waals surface area contributed by atoms with E-state index in [0.717, 1.165) is 35.2 Å². The first-order valence-electron chi connectivity index (χ1n) is 5.99.